The number of methoxy groups -OCH3 is 1. The van der Waals surface area contributed by atoms with Crippen LogP contribution in [0.15, 0.2) is 0 Å². The second-order valence-corrected chi connectivity index (χ2v) is 3.93. The van der Waals surface area contributed by atoms with Crippen molar-refractivity contribution in [2.45, 2.75) is 31.5 Å². The van der Waals surface area contributed by atoms with E-state index in [2.05, 4.69) is 0 Å². The van der Waals surface area contributed by atoms with Gasteiger partial charge in [0.15, 0.2) is 0 Å². The molecule has 0 bridgehead atoms. The summed E-state index contributed by atoms with van der Waals surface area (Å²) in [5.74, 6) is 0. The van der Waals surface area contributed by atoms with Gasteiger partial charge in [-0.3, -0.25) is 0 Å². The summed E-state index contributed by atoms with van der Waals surface area (Å²) in [6.07, 6.45) is 2.08. The molecule has 0 spiro atoms. The second kappa shape index (κ2) is 5.66. The molecule has 84 valence electrons. The van der Waals surface area contributed by atoms with Gasteiger partial charge in [0.25, 0.3) is 0 Å². The van der Waals surface area contributed by atoms with Crippen LogP contribution >= 0.6 is 0 Å². The summed E-state index contributed by atoms with van der Waals surface area (Å²) in [7, 11) is 1.67. The van der Waals surface area contributed by atoms with Crippen LogP contribution in [0.2, 0.25) is 0 Å². The maximum absolute atomic E-state index is 5.89. The predicted octanol–water partition coefficient (Wildman–Crippen LogP) is 0.546. The standard InChI is InChI=1S/C10H21NO3/c1-9(6-12-2)14-10(7-11)4-3-5-13-8-10/h9H,3-8,11H2,1-2H3. The van der Waals surface area contributed by atoms with Crippen LogP contribution in [0.4, 0.5) is 0 Å². The molecule has 2 unspecified atom stereocenters. The summed E-state index contributed by atoms with van der Waals surface area (Å²) in [5, 5.41) is 0. The Labute approximate surface area is 85.7 Å². The van der Waals surface area contributed by atoms with Crippen LogP contribution in [0.3, 0.4) is 0 Å². The molecule has 0 saturated carbocycles. The molecule has 1 rings (SSSR count). The molecule has 1 fully saturated rings. The van der Waals surface area contributed by atoms with Gasteiger partial charge >= 0.3 is 0 Å². The third-order valence-corrected chi connectivity index (χ3v) is 2.51. The van der Waals surface area contributed by atoms with Gasteiger partial charge in [-0.15, -0.1) is 0 Å². The van der Waals surface area contributed by atoms with Gasteiger partial charge in [-0.1, -0.05) is 0 Å². The van der Waals surface area contributed by atoms with E-state index in [0.29, 0.717) is 19.8 Å². The van der Waals surface area contributed by atoms with E-state index in [4.69, 9.17) is 19.9 Å². The van der Waals surface area contributed by atoms with E-state index < -0.39 is 0 Å². The van der Waals surface area contributed by atoms with Crippen molar-refractivity contribution in [3.63, 3.8) is 0 Å². The third kappa shape index (κ3) is 3.20. The Balaban J connectivity index is 2.42. The Kier molecular flexibility index (Phi) is 4.81. The van der Waals surface area contributed by atoms with Crippen molar-refractivity contribution in [1.82, 2.24) is 0 Å². The number of ether oxygens (including phenoxy) is 3. The Hall–Kier alpha value is -0.160. The van der Waals surface area contributed by atoms with Crippen LogP contribution in [0.25, 0.3) is 0 Å². The van der Waals surface area contributed by atoms with E-state index >= 15 is 0 Å². The smallest absolute Gasteiger partial charge is 0.104 e. The molecule has 2 N–H and O–H groups in total. The average Bonchev–Trinajstić information content (AvgIpc) is 2.19. The van der Waals surface area contributed by atoms with E-state index in [1.807, 2.05) is 6.92 Å². The van der Waals surface area contributed by atoms with Crippen LogP contribution in [0, 0.1) is 0 Å². The maximum atomic E-state index is 5.89. The van der Waals surface area contributed by atoms with Crippen molar-refractivity contribution in [1.29, 1.82) is 0 Å². The van der Waals surface area contributed by atoms with E-state index in [1.54, 1.807) is 7.11 Å². The first-order chi connectivity index (χ1) is 6.72. The molecule has 0 aromatic rings. The number of hydrogen-bond donors (Lipinski definition) is 1. The predicted molar refractivity (Wildman–Crippen MR) is 54.3 cm³/mol. The zero-order chi connectivity index (χ0) is 10.4. The van der Waals surface area contributed by atoms with Crippen molar-refractivity contribution in [2.75, 3.05) is 33.5 Å². The molecule has 0 aromatic heterocycles. The normalized spacial score (nSPS) is 30.2. The van der Waals surface area contributed by atoms with Crippen LogP contribution in [-0.4, -0.2) is 45.2 Å². The first kappa shape index (κ1) is 11.9. The lowest BCUT2D eigenvalue weighted by atomic mass is 9.96. The SMILES string of the molecule is COCC(C)OC1(CN)CCCOC1. The lowest BCUT2D eigenvalue weighted by molar-refractivity contribution is -0.158. The number of hydrogen-bond acceptors (Lipinski definition) is 4. The molecule has 4 heteroatoms. The van der Waals surface area contributed by atoms with Gasteiger partial charge in [-0.2, -0.15) is 0 Å². The highest BCUT2D eigenvalue weighted by molar-refractivity contribution is 4.85. The van der Waals surface area contributed by atoms with Gasteiger partial charge in [0, 0.05) is 20.3 Å². The first-order valence-corrected chi connectivity index (χ1v) is 5.17. The van der Waals surface area contributed by atoms with Crippen LogP contribution in [0.5, 0.6) is 0 Å². The van der Waals surface area contributed by atoms with Crippen molar-refractivity contribution in [3.05, 3.63) is 0 Å². The molecule has 2 atom stereocenters. The van der Waals surface area contributed by atoms with Crippen molar-refractivity contribution >= 4 is 0 Å². The van der Waals surface area contributed by atoms with Crippen LogP contribution < -0.4 is 5.73 Å². The van der Waals surface area contributed by atoms with Gasteiger partial charge in [-0.25, -0.2) is 0 Å². The topological polar surface area (TPSA) is 53.7 Å². The summed E-state index contributed by atoms with van der Waals surface area (Å²) in [6.45, 7) is 4.54. The van der Waals surface area contributed by atoms with Crippen molar-refractivity contribution < 1.29 is 14.2 Å². The minimum atomic E-state index is -0.282. The fourth-order valence-electron chi connectivity index (χ4n) is 1.82. The first-order valence-electron chi connectivity index (χ1n) is 5.17. The molecule has 14 heavy (non-hydrogen) atoms. The zero-order valence-electron chi connectivity index (χ0n) is 9.12. The molecule has 0 radical (unpaired) electrons. The molecule has 4 nitrogen and oxygen atoms in total. The Morgan fingerprint density at radius 3 is 2.86 bits per heavy atom. The molecule has 0 aromatic carbocycles. The molecule has 1 saturated heterocycles. The number of rotatable bonds is 5. The van der Waals surface area contributed by atoms with E-state index in [1.165, 1.54) is 0 Å². The summed E-state index contributed by atoms with van der Waals surface area (Å²) in [6, 6.07) is 0. The molecular formula is C10H21NO3. The quantitative estimate of drug-likeness (QED) is 0.709. The molecule has 0 amide bonds. The van der Waals surface area contributed by atoms with Crippen molar-refractivity contribution in [3.8, 4) is 0 Å². The minimum absolute atomic E-state index is 0.0743. The highest BCUT2D eigenvalue weighted by Gasteiger charge is 2.34. The van der Waals surface area contributed by atoms with Crippen molar-refractivity contribution in [2.24, 2.45) is 5.73 Å². The summed E-state index contributed by atoms with van der Waals surface area (Å²) in [5.41, 5.74) is 5.46. The van der Waals surface area contributed by atoms with Gasteiger partial charge in [0.1, 0.15) is 5.60 Å². The minimum Gasteiger partial charge on any atom is -0.382 e. The lowest BCUT2D eigenvalue weighted by Gasteiger charge is -2.37. The Morgan fingerprint density at radius 1 is 1.57 bits per heavy atom. The highest BCUT2D eigenvalue weighted by atomic mass is 16.6. The molecule has 1 aliphatic rings. The van der Waals surface area contributed by atoms with Gasteiger partial charge in [-0.05, 0) is 19.8 Å². The van der Waals surface area contributed by atoms with E-state index in [9.17, 15) is 0 Å². The van der Waals surface area contributed by atoms with Crippen LogP contribution in [0.1, 0.15) is 19.8 Å². The maximum Gasteiger partial charge on any atom is 0.104 e. The summed E-state index contributed by atoms with van der Waals surface area (Å²) >= 11 is 0. The van der Waals surface area contributed by atoms with Crippen LogP contribution in [-0.2, 0) is 14.2 Å². The largest absolute Gasteiger partial charge is 0.382 e. The van der Waals surface area contributed by atoms with Gasteiger partial charge < -0.3 is 19.9 Å². The lowest BCUT2D eigenvalue weighted by Crippen LogP contribution is -2.50. The summed E-state index contributed by atoms with van der Waals surface area (Å²) in [4.78, 5) is 0. The fraction of sp³-hybridized carbons (Fsp3) is 1.00. The van der Waals surface area contributed by atoms with Gasteiger partial charge in [0.2, 0.25) is 0 Å². The molecular weight excluding hydrogens is 182 g/mol. The third-order valence-electron chi connectivity index (χ3n) is 2.51. The summed E-state index contributed by atoms with van der Waals surface area (Å²) < 4.78 is 16.3. The number of nitrogens with two attached hydrogens (primary N) is 1. The Morgan fingerprint density at radius 2 is 2.36 bits per heavy atom. The molecule has 1 aliphatic heterocycles. The average molecular weight is 203 g/mol. The Bertz CT molecular complexity index is 157. The molecule has 1 heterocycles. The van der Waals surface area contributed by atoms with Gasteiger partial charge in [0.05, 0.1) is 19.3 Å². The molecule has 0 aliphatic carbocycles. The highest BCUT2D eigenvalue weighted by Crippen LogP contribution is 2.23. The van der Waals surface area contributed by atoms with E-state index in [-0.39, 0.29) is 11.7 Å². The van der Waals surface area contributed by atoms with E-state index in [0.717, 1.165) is 19.4 Å². The fourth-order valence-corrected chi connectivity index (χ4v) is 1.82. The monoisotopic (exact) mass is 203 g/mol. The zero-order valence-corrected chi connectivity index (χ0v) is 9.12. The second-order valence-electron chi connectivity index (χ2n) is 3.93.